The zero-order valence-corrected chi connectivity index (χ0v) is 14.1. The van der Waals surface area contributed by atoms with Crippen LogP contribution in [-0.4, -0.2) is 5.54 Å². The zero-order chi connectivity index (χ0) is 16.1. The fourth-order valence-electron chi connectivity index (χ4n) is 1.40. The van der Waals surface area contributed by atoms with Crippen molar-refractivity contribution in [1.29, 1.82) is 0 Å². The van der Waals surface area contributed by atoms with Gasteiger partial charge in [-0.05, 0) is 30.8 Å². The first-order valence-corrected chi connectivity index (χ1v) is 6.97. The third-order valence-corrected chi connectivity index (χ3v) is 2.57. The number of rotatable bonds is 5. The maximum atomic E-state index is 6.28. The van der Waals surface area contributed by atoms with Gasteiger partial charge >= 0.3 is 0 Å². The van der Waals surface area contributed by atoms with Gasteiger partial charge in [-0.3, -0.25) is 0 Å². The molecule has 1 heteroatoms. The second-order valence-corrected chi connectivity index (χ2v) is 5.54. The normalized spacial score (nSPS) is 13.9. The van der Waals surface area contributed by atoms with Crippen molar-refractivity contribution in [2.75, 3.05) is 0 Å². The molecule has 0 aliphatic heterocycles. The molecule has 0 aromatic rings. The summed E-state index contributed by atoms with van der Waals surface area (Å²) in [5.74, 6) is 0. The lowest BCUT2D eigenvalue weighted by Gasteiger charge is -2.30. The predicted molar refractivity (Wildman–Crippen MR) is 92.4 cm³/mol. The van der Waals surface area contributed by atoms with E-state index in [4.69, 9.17) is 5.73 Å². The Kier molecular flexibility index (Phi) is 14.5. The Morgan fingerprint density at radius 1 is 1.00 bits per heavy atom. The van der Waals surface area contributed by atoms with Crippen LogP contribution >= 0.6 is 0 Å². The van der Waals surface area contributed by atoms with E-state index in [0.717, 1.165) is 18.4 Å². The highest BCUT2D eigenvalue weighted by atomic mass is 14.7. The molecule has 0 amide bonds. The van der Waals surface area contributed by atoms with E-state index < -0.39 is 0 Å². The van der Waals surface area contributed by atoms with Crippen molar-refractivity contribution >= 4 is 0 Å². The molecule has 0 aliphatic rings. The van der Waals surface area contributed by atoms with Crippen LogP contribution in [0.3, 0.4) is 0 Å². The van der Waals surface area contributed by atoms with E-state index in [-0.39, 0.29) is 5.54 Å². The van der Waals surface area contributed by atoms with Crippen LogP contribution in [0.25, 0.3) is 0 Å². The van der Waals surface area contributed by atoms with Crippen molar-refractivity contribution < 1.29 is 0 Å². The monoisotopic (exact) mass is 265 g/mol. The van der Waals surface area contributed by atoms with E-state index >= 15 is 0 Å². The first kappa shape index (κ1) is 23.0. The summed E-state index contributed by atoms with van der Waals surface area (Å²) in [5, 5.41) is 0. The molecule has 0 bridgehead atoms. The molecule has 2 N–H and O–H groups in total. The van der Waals surface area contributed by atoms with Crippen LogP contribution in [0.4, 0.5) is 0 Å². The van der Waals surface area contributed by atoms with Crippen LogP contribution in [0, 0.1) is 5.41 Å². The number of hydrogen-bond acceptors (Lipinski definition) is 1. The molecule has 0 rings (SSSR count). The lowest BCUT2D eigenvalue weighted by Crippen LogP contribution is -2.38. The Labute approximate surface area is 122 Å². The van der Waals surface area contributed by atoms with Crippen LogP contribution in [0.1, 0.15) is 54.4 Å². The Morgan fingerprint density at radius 2 is 1.42 bits per heavy atom. The Balaban J connectivity index is -0.000000579. The highest BCUT2D eigenvalue weighted by molar-refractivity contribution is 5.31. The van der Waals surface area contributed by atoms with Gasteiger partial charge in [-0.15, -0.1) is 13.2 Å². The minimum absolute atomic E-state index is 0.302. The summed E-state index contributed by atoms with van der Waals surface area (Å²) in [6.45, 7) is 26.2. The Bertz CT molecular complexity index is 264. The average Bonchev–Trinajstić information content (AvgIpc) is 2.37. The molecule has 0 heterocycles. The summed E-state index contributed by atoms with van der Waals surface area (Å²) < 4.78 is 0. The summed E-state index contributed by atoms with van der Waals surface area (Å²) in [7, 11) is 0. The van der Waals surface area contributed by atoms with Gasteiger partial charge < -0.3 is 5.73 Å². The third kappa shape index (κ3) is 13.2. The average molecular weight is 265 g/mol. The predicted octanol–water partition coefficient (Wildman–Crippen LogP) is 5.66. The fourth-order valence-corrected chi connectivity index (χ4v) is 1.40. The van der Waals surface area contributed by atoms with Crippen molar-refractivity contribution in [3.63, 3.8) is 0 Å². The second-order valence-electron chi connectivity index (χ2n) is 5.54. The van der Waals surface area contributed by atoms with E-state index in [0.29, 0.717) is 5.41 Å². The van der Waals surface area contributed by atoms with Crippen LogP contribution < -0.4 is 5.73 Å². The second kappa shape index (κ2) is 12.0. The molecule has 0 aromatic carbocycles. The minimum atomic E-state index is -0.302. The largest absolute Gasteiger partial charge is 0.322 e. The molecule has 1 nitrogen and oxygen atoms in total. The maximum absolute atomic E-state index is 6.28. The summed E-state index contributed by atoms with van der Waals surface area (Å²) in [5.41, 5.74) is 7.35. The maximum Gasteiger partial charge on any atom is 0.0381 e. The lowest BCUT2D eigenvalue weighted by molar-refractivity contribution is 0.326. The molecule has 1 unspecified atom stereocenters. The number of hydrogen-bond donors (Lipinski definition) is 1. The van der Waals surface area contributed by atoms with E-state index in [1.54, 1.807) is 6.08 Å². The van der Waals surface area contributed by atoms with E-state index in [1.165, 1.54) is 0 Å². The highest BCUT2D eigenvalue weighted by Crippen LogP contribution is 2.28. The van der Waals surface area contributed by atoms with Crippen molar-refractivity contribution in [3.8, 4) is 0 Å². The van der Waals surface area contributed by atoms with Gasteiger partial charge in [0, 0.05) is 5.54 Å². The van der Waals surface area contributed by atoms with Gasteiger partial charge in [-0.2, -0.15) is 0 Å². The van der Waals surface area contributed by atoms with Gasteiger partial charge in [-0.1, -0.05) is 66.0 Å². The molecule has 0 radical (unpaired) electrons. The Morgan fingerprint density at radius 3 is 1.68 bits per heavy atom. The van der Waals surface area contributed by atoms with Crippen LogP contribution in [0.15, 0.2) is 50.1 Å². The molecule has 112 valence electrons. The lowest BCUT2D eigenvalue weighted by atomic mass is 9.80. The fraction of sp³-hybridized carbons (Fsp3) is 0.556. The standard InChI is InChI=1S/C14H25N.C2H6.C2H4/c1-7-9-12(8-2)14(6,15)11-10-13(3,4)5;2*1-2/h7-9H,1-2,10-11,15H2,3-6H3;1-2H3;1-2H2/b12-9+;;. The molecule has 0 fully saturated rings. The molecule has 0 aromatic heterocycles. The molecule has 19 heavy (non-hydrogen) atoms. The first-order chi connectivity index (χ1) is 8.73. The SMILES string of the molecule is C=C.C=C/C=C(\C=C)C(C)(N)CCC(C)(C)C.CC. The van der Waals surface area contributed by atoms with Crippen LogP contribution in [-0.2, 0) is 0 Å². The Hall–Kier alpha value is -1.08. The summed E-state index contributed by atoms with van der Waals surface area (Å²) in [4.78, 5) is 0. The summed E-state index contributed by atoms with van der Waals surface area (Å²) in [6.07, 6.45) is 7.59. The smallest absolute Gasteiger partial charge is 0.0381 e. The molecule has 1 atom stereocenters. The molecular weight excluding hydrogens is 230 g/mol. The van der Waals surface area contributed by atoms with Crippen molar-refractivity contribution in [3.05, 3.63) is 50.1 Å². The van der Waals surface area contributed by atoms with Crippen molar-refractivity contribution in [1.82, 2.24) is 0 Å². The van der Waals surface area contributed by atoms with Gasteiger partial charge in [0.15, 0.2) is 0 Å². The third-order valence-electron chi connectivity index (χ3n) is 2.57. The van der Waals surface area contributed by atoms with E-state index in [9.17, 15) is 0 Å². The van der Waals surface area contributed by atoms with Gasteiger partial charge in [-0.25, -0.2) is 0 Å². The topological polar surface area (TPSA) is 26.0 Å². The van der Waals surface area contributed by atoms with Gasteiger partial charge in [0.1, 0.15) is 0 Å². The minimum Gasteiger partial charge on any atom is -0.322 e. The van der Waals surface area contributed by atoms with Gasteiger partial charge in [0.05, 0.1) is 0 Å². The van der Waals surface area contributed by atoms with Crippen molar-refractivity contribution in [2.45, 2.75) is 59.9 Å². The molecule has 0 saturated carbocycles. The summed E-state index contributed by atoms with van der Waals surface area (Å²) in [6, 6.07) is 0. The zero-order valence-electron chi connectivity index (χ0n) is 14.1. The number of nitrogens with two attached hydrogens (primary N) is 1. The van der Waals surface area contributed by atoms with E-state index in [2.05, 4.69) is 54.0 Å². The molecule has 0 aliphatic carbocycles. The highest BCUT2D eigenvalue weighted by Gasteiger charge is 2.24. The van der Waals surface area contributed by atoms with Crippen LogP contribution in [0.2, 0.25) is 0 Å². The molecule has 0 spiro atoms. The first-order valence-electron chi connectivity index (χ1n) is 6.97. The van der Waals surface area contributed by atoms with Gasteiger partial charge in [0.2, 0.25) is 0 Å². The van der Waals surface area contributed by atoms with Crippen LogP contribution in [0.5, 0.6) is 0 Å². The van der Waals surface area contributed by atoms with Gasteiger partial charge in [0.25, 0.3) is 0 Å². The molecular formula is C18H35N. The summed E-state index contributed by atoms with van der Waals surface area (Å²) >= 11 is 0. The quantitative estimate of drug-likeness (QED) is 0.504. The van der Waals surface area contributed by atoms with E-state index in [1.807, 2.05) is 26.0 Å². The number of allylic oxidation sites excluding steroid dienone is 2. The molecule has 0 saturated heterocycles. The van der Waals surface area contributed by atoms with Crippen molar-refractivity contribution in [2.24, 2.45) is 11.1 Å².